The molecule has 0 bridgehead atoms. The van der Waals surface area contributed by atoms with Gasteiger partial charge in [-0.05, 0) is 17.7 Å². The highest BCUT2D eigenvalue weighted by Crippen LogP contribution is 2.40. The predicted octanol–water partition coefficient (Wildman–Crippen LogP) is 0.663. The third-order valence-corrected chi connectivity index (χ3v) is 6.09. The highest BCUT2D eigenvalue weighted by Gasteiger charge is 2.54. The second kappa shape index (κ2) is 10.1. The molecule has 0 radical (unpaired) electrons. The van der Waals surface area contributed by atoms with Crippen LogP contribution in [0, 0.1) is 0 Å². The monoisotopic (exact) mass is 469 g/mol. The van der Waals surface area contributed by atoms with E-state index in [4.69, 9.17) is 21.2 Å². The van der Waals surface area contributed by atoms with Gasteiger partial charge < -0.3 is 15.2 Å². The number of benzene rings is 1. The van der Waals surface area contributed by atoms with Gasteiger partial charge in [0.25, 0.3) is 5.91 Å². The fraction of sp³-hybridized carbons (Fsp3) is 0.368. The number of carbonyl (C=O) groups is 4. The van der Waals surface area contributed by atoms with E-state index >= 15 is 0 Å². The fourth-order valence-electron chi connectivity index (χ4n) is 3.04. The van der Waals surface area contributed by atoms with E-state index < -0.39 is 35.2 Å². The summed E-state index contributed by atoms with van der Waals surface area (Å²) in [7, 11) is 0. The van der Waals surface area contributed by atoms with Gasteiger partial charge in [-0.15, -0.1) is 11.8 Å². The summed E-state index contributed by atoms with van der Waals surface area (Å²) in [5.41, 5.74) is 3.51. The summed E-state index contributed by atoms with van der Waals surface area (Å²) in [6.45, 7) is 1.05. The Labute approximate surface area is 186 Å². The maximum absolute atomic E-state index is 12.5. The number of ether oxygens (including phenoxy) is 1. The van der Waals surface area contributed by atoms with Crippen molar-refractivity contribution < 1.29 is 33.9 Å². The molecule has 0 spiro atoms. The molecule has 10 nitrogen and oxygen atoms in total. The number of β-lactam (4-membered cyclic amide) rings is 1. The number of carboxylic acid groups (broad SMARTS) is 1. The second-order valence-electron chi connectivity index (χ2n) is 6.73. The van der Waals surface area contributed by atoms with Crippen molar-refractivity contribution in [3.63, 3.8) is 0 Å². The maximum atomic E-state index is 12.5. The summed E-state index contributed by atoms with van der Waals surface area (Å²) >= 11 is 7.10. The number of rotatable bonds is 9. The molecule has 166 valence electrons. The summed E-state index contributed by atoms with van der Waals surface area (Å²) in [4.78, 5) is 53.7. The third kappa shape index (κ3) is 5.56. The van der Waals surface area contributed by atoms with E-state index in [-0.39, 0.29) is 31.2 Å². The number of esters is 1. The van der Waals surface area contributed by atoms with Gasteiger partial charge in [-0.3, -0.25) is 24.1 Å². The van der Waals surface area contributed by atoms with E-state index in [0.717, 1.165) is 10.5 Å². The van der Waals surface area contributed by atoms with Gasteiger partial charge in [0.1, 0.15) is 23.7 Å². The van der Waals surface area contributed by atoms with Crippen LogP contribution < -0.4 is 10.8 Å². The first kappa shape index (κ1) is 23.1. The number of fused-ring (bicyclic) bond motifs is 1. The number of carboxylic acids is 1. The Morgan fingerprint density at radius 1 is 1.26 bits per heavy atom. The van der Waals surface area contributed by atoms with Gasteiger partial charge in [0.2, 0.25) is 5.91 Å². The average molecular weight is 470 g/mol. The van der Waals surface area contributed by atoms with Crippen LogP contribution in [0.2, 0.25) is 5.02 Å². The van der Waals surface area contributed by atoms with Crippen LogP contribution in [0.3, 0.4) is 0 Å². The van der Waals surface area contributed by atoms with Crippen LogP contribution in [-0.2, 0) is 35.4 Å². The zero-order valence-corrected chi connectivity index (χ0v) is 18.0. The number of hydroxylamine groups is 1. The lowest BCUT2D eigenvalue weighted by Gasteiger charge is -2.49. The van der Waals surface area contributed by atoms with Gasteiger partial charge in [-0.2, -0.15) is 5.48 Å². The minimum atomic E-state index is -1.29. The Bertz CT molecular complexity index is 922. The lowest BCUT2D eigenvalue weighted by atomic mass is 10.0. The SMILES string of the molecule is CC(=O)OCC1=C(C(=O)O)N2C(=O)[C@@H](NC(=O)CNOCc3ccc(Cl)cc3)[C@H]2SC1. The maximum Gasteiger partial charge on any atom is 0.352 e. The van der Waals surface area contributed by atoms with Crippen LogP contribution in [0.1, 0.15) is 12.5 Å². The van der Waals surface area contributed by atoms with Crippen LogP contribution in [0.4, 0.5) is 0 Å². The second-order valence-corrected chi connectivity index (χ2v) is 8.27. The van der Waals surface area contributed by atoms with E-state index in [0.29, 0.717) is 10.6 Å². The smallest absolute Gasteiger partial charge is 0.352 e. The van der Waals surface area contributed by atoms with E-state index in [1.165, 1.54) is 18.7 Å². The number of thioether (sulfide) groups is 1. The normalized spacial score (nSPS) is 20.1. The largest absolute Gasteiger partial charge is 0.477 e. The molecule has 2 amide bonds. The molecular formula is C19H20ClN3O7S. The van der Waals surface area contributed by atoms with Crippen molar-refractivity contribution in [2.24, 2.45) is 0 Å². The number of carbonyl (C=O) groups excluding carboxylic acids is 3. The minimum Gasteiger partial charge on any atom is -0.477 e. The van der Waals surface area contributed by atoms with Crippen molar-refractivity contribution in [2.45, 2.75) is 24.9 Å². The molecule has 3 N–H and O–H groups in total. The van der Waals surface area contributed by atoms with E-state index in [2.05, 4.69) is 10.8 Å². The van der Waals surface area contributed by atoms with Gasteiger partial charge in [0, 0.05) is 23.3 Å². The third-order valence-electron chi connectivity index (χ3n) is 4.50. The zero-order valence-electron chi connectivity index (χ0n) is 16.4. The first-order chi connectivity index (χ1) is 14.8. The van der Waals surface area contributed by atoms with Crippen LogP contribution in [0.25, 0.3) is 0 Å². The van der Waals surface area contributed by atoms with Crippen LogP contribution in [0.15, 0.2) is 35.5 Å². The molecule has 1 fully saturated rings. The fourth-order valence-corrected chi connectivity index (χ4v) is 4.49. The van der Waals surface area contributed by atoms with Crippen molar-refractivity contribution in [3.05, 3.63) is 46.1 Å². The van der Waals surface area contributed by atoms with Crippen molar-refractivity contribution >= 4 is 47.1 Å². The lowest BCUT2D eigenvalue weighted by molar-refractivity contribution is -0.151. The number of nitrogens with one attached hydrogen (secondary N) is 2. The van der Waals surface area contributed by atoms with Gasteiger partial charge in [0.05, 0.1) is 13.2 Å². The molecule has 1 saturated heterocycles. The number of hydrogen-bond donors (Lipinski definition) is 3. The molecule has 2 aliphatic rings. The first-order valence-corrected chi connectivity index (χ1v) is 10.6. The minimum absolute atomic E-state index is 0.186. The van der Waals surface area contributed by atoms with Gasteiger partial charge in [-0.25, -0.2) is 4.79 Å². The van der Waals surface area contributed by atoms with Crippen molar-refractivity contribution in [2.75, 3.05) is 18.9 Å². The molecule has 1 aromatic rings. The molecule has 0 aromatic heterocycles. The van der Waals surface area contributed by atoms with Crippen LogP contribution >= 0.6 is 23.4 Å². The Morgan fingerprint density at radius 3 is 2.61 bits per heavy atom. The summed E-state index contributed by atoms with van der Waals surface area (Å²) < 4.78 is 4.88. The standard InChI is InChI=1S/C19H20ClN3O7S/c1-10(24)29-8-12-9-31-18-15(17(26)23(18)16(12)19(27)28)22-14(25)6-21-30-7-11-2-4-13(20)5-3-11/h2-5,15,18,21H,6-9H2,1H3,(H,22,25)(H,27,28)/t15-,18-/m1/s1. The van der Waals surface area contributed by atoms with Crippen molar-refractivity contribution in [1.82, 2.24) is 15.7 Å². The first-order valence-electron chi connectivity index (χ1n) is 9.19. The molecule has 3 rings (SSSR count). The molecule has 2 aliphatic heterocycles. The molecule has 0 saturated carbocycles. The molecule has 2 heterocycles. The molecular weight excluding hydrogens is 450 g/mol. The van der Waals surface area contributed by atoms with E-state index in [9.17, 15) is 24.3 Å². The van der Waals surface area contributed by atoms with E-state index in [1.807, 2.05) is 0 Å². The van der Waals surface area contributed by atoms with Crippen LogP contribution in [-0.4, -0.2) is 64.1 Å². The molecule has 31 heavy (non-hydrogen) atoms. The predicted molar refractivity (Wildman–Crippen MR) is 111 cm³/mol. The average Bonchev–Trinajstić information content (AvgIpc) is 2.73. The Balaban J connectivity index is 1.50. The highest BCUT2D eigenvalue weighted by molar-refractivity contribution is 8.00. The lowest BCUT2D eigenvalue weighted by Crippen LogP contribution is -2.71. The summed E-state index contributed by atoms with van der Waals surface area (Å²) in [6.07, 6.45) is 0. The van der Waals surface area contributed by atoms with Crippen molar-refractivity contribution in [3.8, 4) is 0 Å². The van der Waals surface area contributed by atoms with Gasteiger partial charge in [0.15, 0.2) is 0 Å². The number of halogens is 1. The highest BCUT2D eigenvalue weighted by atomic mass is 35.5. The Kier molecular flexibility index (Phi) is 7.55. The molecule has 12 heteroatoms. The summed E-state index contributed by atoms with van der Waals surface area (Å²) in [5, 5.41) is 12.2. The summed E-state index contributed by atoms with van der Waals surface area (Å²) in [6, 6.07) is 6.17. The number of amides is 2. The molecule has 2 atom stereocenters. The van der Waals surface area contributed by atoms with E-state index in [1.54, 1.807) is 24.3 Å². The quantitative estimate of drug-likeness (QED) is 0.206. The molecule has 1 aromatic carbocycles. The van der Waals surface area contributed by atoms with Gasteiger partial charge >= 0.3 is 11.9 Å². The number of aliphatic carboxylic acids is 1. The topological polar surface area (TPSA) is 134 Å². The zero-order chi connectivity index (χ0) is 22.5. The number of hydrogen-bond acceptors (Lipinski definition) is 8. The van der Waals surface area contributed by atoms with Gasteiger partial charge in [-0.1, -0.05) is 23.7 Å². The molecule has 0 unspecified atom stereocenters. The Morgan fingerprint density at radius 2 is 1.97 bits per heavy atom. The summed E-state index contributed by atoms with van der Waals surface area (Å²) in [5.74, 6) is -2.58. The van der Waals surface area contributed by atoms with Crippen LogP contribution in [0.5, 0.6) is 0 Å². The number of nitrogens with zero attached hydrogens (tertiary/aromatic N) is 1. The van der Waals surface area contributed by atoms with Crippen molar-refractivity contribution in [1.29, 1.82) is 0 Å². The Hall–Kier alpha value is -2.60. The molecule has 0 aliphatic carbocycles.